The predicted octanol–water partition coefficient (Wildman–Crippen LogP) is 4.25. The topological polar surface area (TPSA) is 105 Å². The summed E-state index contributed by atoms with van der Waals surface area (Å²) in [6, 6.07) is 1.19. The summed E-state index contributed by atoms with van der Waals surface area (Å²) in [5, 5.41) is 14.5. The fraction of sp³-hybridized carbons (Fsp3) is 0.353. The van der Waals surface area contributed by atoms with Crippen LogP contribution < -0.4 is 5.32 Å². The Bertz CT molecular complexity index is 927. The summed E-state index contributed by atoms with van der Waals surface area (Å²) >= 11 is 14.1. The highest BCUT2D eigenvalue weighted by Gasteiger charge is 2.25. The Hall–Kier alpha value is -1.88. The van der Waals surface area contributed by atoms with E-state index in [9.17, 15) is 19.7 Å². The molecule has 0 radical (unpaired) electrons. The lowest BCUT2D eigenvalue weighted by atomic mass is 10.1. The van der Waals surface area contributed by atoms with Crippen LogP contribution in [-0.4, -0.2) is 46.3 Å². The molecule has 2 amide bonds. The molecule has 2 aromatic heterocycles. The molecule has 3 heterocycles. The minimum Gasteiger partial charge on any atom is -0.342 e. The Labute approximate surface area is 184 Å². The molecular formula is C17H16Cl2N4O4S2. The van der Waals surface area contributed by atoms with Crippen LogP contribution in [0.1, 0.15) is 28.9 Å². The van der Waals surface area contributed by atoms with Gasteiger partial charge < -0.3 is 10.2 Å². The maximum absolute atomic E-state index is 12.4. The molecule has 29 heavy (non-hydrogen) atoms. The molecule has 1 fully saturated rings. The van der Waals surface area contributed by atoms with Crippen LogP contribution in [0.15, 0.2) is 27.6 Å². The molecule has 0 atom stereocenters. The molecule has 1 aliphatic rings. The third-order valence-corrected chi connectivity index (χ3v) is 7.47. The van der Waals surface area contributed by atoms with Crippen molar-refractivity contribution in [3.8, 4) is 0 Å². The number of hydrogen-bond acceptors (Lipinski definition) is 7. The van der Waals surface area contributed by atoms with E-state index < -0.39 is 10.8 Å². The van der Waals surface area contributed by atoms with E-state index in [0.29, 0.717) is 18.0 Å². The first-order chi connectivity index (χ1) is 13.9. The number of pyridine rings is 1. The summed E-state index contributed by atoms with van der Waals surface area (Å²) in [5.74, 6) is -0.698. The molecule has 12 heteroatoms. The van der Waals surface area contributed by atoms with Gasteiger partial charge in [-0.25, -0.2) is 0 Å². The SMILES string of the molecule is O=C(NCC(=O)N1CCCCC1)c1cc([N+](=O)[O-])c(Sc2c(Cl)cncc2Cl)s1. The van der Waals surface area contributed by atoms with Crippen LogP contribution in [0.4, 0.5) is 5.69 Å². The van der Waals surface area contributed by atoms with Crippen molar-refractivity contribution in [1.29, 1.82) is 0 Å². The van der Waals surface area contributed by atoms with Gasteiger partial charge in [-0.05, 0) is 19.3 Å². The minimum absolute atomic E-state index is 0.131. The first kappa shape index (κ1) is 21.8. The van der Waals surface area contributed by atoms with Crippen molar-refractivity contribution in [2.75, 3.05) is 19.6 Å². The number of carbonyl (C=O) groups is 2. The maximum atomic E-state index is 12.4. The van der Waals surface area contributed by atoms with Crippen LogP contribution in [0.5, 0.6) is 0 Å². The van der Waals surface area contributed by atoms with Gasteiger partial charge in [0.2, 0.25) is 5.91 Å². The molecule has 1 N–H and O–H groups in total. The zero-order chi connectivity index (χ0) is 21.0. The zero-order valence-corrected chi connectivity index (χ0v) is 18.2. The van der Waals surface area contributed by atoms with Crippen molar-refractivity contribution in [2.24, 2.45) is 0 Å². The second-order valence-corrected chi connectivity index (χ2v) is 9.34. The van der Waals surface area contributed by atoms with Gasteiger partial charge in [-0.3, -0.25) is 24.7 Å². The van der Waals surface area contributed by atoms with Gasteiger partial charge in [0.1, 0.15) is 9.09 Å². The number of piperidine rings is 1. The molecule has 0 aliphatic carbocycles. The average molecular weight is 475 g/mol. The third kappa shape index (κ3) is 5.39. The summed E-state index contributed by atoms with van der Waals surface area (Å²) in [7, 11) is 0. The quantitative estimate of drug-likeness (QED) is 0.495. The largest absolute Gasteiger partial charge is 0.342 e. The predicted molar refractivity (Wildman–Crippen MR) is 112 cm³/mol. The van der Waals surface area contributed by atoms with Crippen LogP contribution in [-0.2, 0) is 4.79 Å². The highest BCUT2D eigenvalue weighted by atomic mass is 35.5. The van der Waals surface area contributed by atoms with E-state index in [-0.39, 0.29) is 37.3 Å². The van der Waals surface area contributed by atoms with Gasteiger partial charge in [0.05, 0.1) is 26.4 Å². The Balaban J connectivity index is 1.73. The van der Waals surface area contributed by atoms with Crippen LogP contribution in [0.3, 0.4) is 0 Å². The van der Waals surface area contributed by atoms with Crippen LogP contribution in [0.2, 0.25) is 10.0 Å². The molecule has 1 aliphatic heterocycles. The fourth-order valence-electron chi connectivity index (χ4n) is 2.76. The smallest absolute Gasteiger partial charge is 0.294 e. The summed E-state index contributed by atoms with van der Waals surface area (Å²) in [6.07, 6.45) is 5.78. The number of thiophene rings is 1. The summed E-state index contributed by atoms with van der Waals surface area (Å²) in [4.78, 5) is 41.6. The number of nitrogens with zero attached hydrogens (tertiary/aromatic N) is 3. The molecule has 2 aromatic rings. The molecular weight excluding hydrogens is 459 g/mol. The molecule has 1 saturated heterocycles. The fourth-order valence-corrected chi connectivity index (χ4v) is 5.54. The summed E-state index contributed by atoms with van der Waals surface area (Å²) < 4.78 is 0.262. The zero-order valence-electron chi connectivity index (χ0n) is 15.0. The normalized spacial score (nSPS) is 13.9. The lowest BCUT2D eigenvalue weighted by Gasteiger charge is -2.26. The number of nitro groups is 1. The molecule has 0 unspecified atom stereocenters. The van der Waals surface area contributed by atoms with Crippen molar-refractivity contribution in [3.63, 3.8) is 0 Å². The van der Waals surface area contributed by atoms with Crippen molar-refractivity contribution < 1.29 is 14.5 Å². The Morgan fingerprint density at radius 3 is 2.52 bits per heavy atom. The Morgan fingerprint density at radius 2 is 1.90 bits per heavy atom. The van der Waals surface area contributed by atoms with E-state index in [1.807, 2.05) is 0 Å². The van der Waals surface area contributed by atoms with E-state index in [4.69, 9.17) is 23.2 Å². The maximum Gasteiger partial charge on any atom is 0.294 e. The van der Waals surface area contributed by atoms with E-state index in [1.165, 1.54) is 18.5 Å². The summed E-state index contributed by atoms with van der Waals surface area (Å²) in [5.41, 5.74) is -0.226. The highest BCUT2D eigenvalue weighted by Crippen LogP contribution is 2.45. The van der Waals surface area contributed by atoms with Crippen molar-refractivity contribution >= 4 is 63.8 Å². The van der Waals surface area contributed by atoms with E-state index >= 15 is 0 Å². The van der Waals surface area contributed by atoms with Gasteiger partial charge >= 0.3 is 0 Å². The van der Waals surface area contributed by atoms with Crippen LogP contribution >= 0.6 is 46.3 Å². The first-order valence-electron chi connectivity index (χ1n) is 8.68. The monoisotopic (exact) mass is 474 g/mol. The molecule has 0 bridgehead atoms. The number of carbonyl (C=O) groups excluding carboxylic acids is 2. The second-order valence-electron chi connectivity index (χ2n) is 6.20. The van der Waals surface area contributed by atoms with Crippen LogP contribution in [0, 0.1) is 10.1 Å². The number of nitrogens with one attached hydrogen (secondary N) is 1. The minimum atomic E-state index is -0.572. The van der Waals surface area contributed by atoms with Gasteiger partial charge in [-0.2, -0.15) is 0 Å². The number of amides is 2. The number of hydrogen-bond donors (Lipinski definition) is 1. The average Bonchev–Trinajstić information content (AvgIpc) is 3.14. The van der Waals surface area contributed by atoms with Gasteiger partial charge in [0, 0.05) is 31.5 Å². The van der Waals surface area contributed by atoms with E-state index in [0.717, 1.165) is 42.4 Å². The lowest BCUT2D eigenvalue weighted by Crippen LogP contribution is -2.42. The molecule has 0 saturated carbocycles. The van der Waals surface area contributed by atoms with Crippen LogP contribution in [0.25, 0.3) is 0 Å². The Morgan fingerprint density at radius 1 is 1.24 bits per heavy atom. The number of rotatable bonds is 6. The molecule has 0 spiro atoms. The molecule has 154 valence electrons. The molecule has 0 aromatic carbocycles. The van der Waals surface area contributed by atoms with Crippen molar-refractivity contribution in [1.82, 2.24) is 15.2 Å². The van der Waals surface area contributed by atoms with Crippen molar-refractivity contribution in [3.05, 3.63) is 43.5 Å². The number of aromatic nitrogens is 1. The van der Waals surface area contributed by atoms with Gasteiger partial charge in [0.25, 0.3) is 11.6 Å². The third-order valence-electron chi connectivity index (χ3n) is 4.21. The van der Waals surface area contributed by atoms with E-state index in [1.54, 1.807) is 4.90 Å². The second kappa shape index (κ2) is 9.75. The van der Waals surface area contributed by atoms with Gasteiger partial charge in [-0.15, -0.1) is 11.3 Å². The first-order valence-corrected chi connectivity index (χ1v) is 11.1. The molecule has 8 nitrogen and oxygen atoms in total. The Kier molecular flexibility index (Phi) is 7.33. The highest BCUT2D eigenvalue weighted by molar-refractivity contribution is 8.01. The summed E-state index contributed by atoms with van der Waals surface area (Å²) in [6.45, 7) is 1.23. The number of likely N-dealkylation sites (tertiary alicyclic amines) is 1. The van der Waals surface area contributed by atoms with Crippen molar-refractivity contribution in [2.45, 2.75) is 28.4 Å². The van der Waals surface area contributed by atoms with E-state index in [2.05, 4.69) is 10.3 Å². The lowest BCUT2D eigenvalue weighted by molar-refractivity contribution is -0.387. The standard InChI is InChI=1S/C17H16Cl2N4O4S2/c18-10-7-20-8-11(19)15(10)29-17-12(23(26)27)6-13(28-17)16(25)21-9-14(24)22-4-2-1-3-5-22/h6-8H,1-5,9H2,(H,21,25). The van der Waals surface area contributed by atoms with Gasteiger partial charge in [0.15, 0.2) is 0 Å². The molecule has 3 rings (SSSR count). The van der Waals surface area contributed by atoms with Gasteiger partial charge in [-0.1, -0.05) is 35.0 Å². The number of halogens is 2.